The predicted molar refractivity (Wildman–Crippen MR) is 116 cm³/mol. The molecule has 0 fully saturated rings. The average molecular weight is 423 g/mol. The average Bonchev–Trinajstić information content (AvgIpc) is 3.18. The summed E-state index contributed by atoms with van der Waals surface area (Å²) in [4.78, 5) is 12.9. The molecule has 0 radical (unpaired) electrons. The lowest BCUT2D eigenvalue weighted by molar-refractivity contribution is -0.122. The summed E-state index contributed by atoms with van der Waals surface area (Å²) in [5, 5.41) is 10.3. The number of methoxy groups -OCH3 is 1. The maximum absolute atomic E-state index is 13.4. The minimum atomic E-state index is -0.816. The van der Waals surface area contributed by atoms with Crippen LogP contribution in [0.3, 0.4) is 0 Å². The van der Waals surface area contributed by atoms with Crippen LogP contribution in [0.2, 0.25) is 0 Å². The van der Waals surface area contributed by atoms with E-state index in [1.807, 2.05) is 48.5 Å². The fourth-order valence-corrected chi connectivity index (χ4v) is 3.34. The molecule has 0 aliphatic carbocycles. The third-order valence-corrected chi connectivity index (χ3v) is 4.75. The van der Waals surface area contributed by atoms with E-state index in [2.05, 4.69) is 10.3 Å². The van der Waals surface area contributed by atoms with E-state index in [4.69, 9.17) is 25.1 Å². The molecule has 1 heterocycles. The normalized spacial score (nSPS) is 16.9. The molecular formula is C23H22FN3O4. The van der Waals surface area contributed by atoms with Crippen LogP contribution in [0.5, 0.6) is 5.75 Å². The predicted octanol–water partition coefficient (Wildman–Crippen LogP) is 3.87. The highest BCUT2D eigenvalue weighted by atomic mass is 19.1. The second kappa shape index (κ2) is 9.62. The van der Waals surface area contributed by atoms with Gasteiger partial charge in [0.1, 0.15) is 18.2 Å². The van der Waals surface area contributed by atoms with Gasteiger partial charge in [-0.1, -0.05) is 30.3 Å². The number of carbonyl (C=O) groups is 1. The lowest BCUT2D eigenvalue weighted by Crippen LogP contribution is -2.27. The third kappa shape index (κ3) is 4.92. The van der Waals surface area contributed by atoms with Crippen LogP contribution in [-0.2, 0) is 15.1 Å². The van der Waals surface area contributed by atoms with E-state index in [1.165, 1.54) is 12.1 Å². The molecule has 7 nitrogen and oxygen atoms in total. The maximum Gasteiger partial charge on any atom is 0.290 e. The number of anilines is 2. The van der Waals surface area contributed by atoms with Crippen molar-refractivity contribution in [1.29, 1.82) is 0 Å². The lowest BCUT2D eigenvalue weighted by atomic mass is 9.84. The lowest BCUT2D eigenvalue weighted by Gasteiger charge is -2.26. The molecule has 4 rings (SSSR count). The Hall–Kier alpha value is -4.07. The van der Waals surface area contributed by atoms with Crippen LogP contribution < -0.4 is 15.8 Å². The zero-order chi connectivity index (χ0) is 22.3. The second-order valence-corrected chi connectivity index (χ2v) is 6.65. The van der Waals surface area contributed by atoms with Crippen LogP contribution >= 0.6 is 0 Å². The molecular weight excluding hydrogens is 401 g/mol. The Labute approximate surface area is 179 Å². The molecule has 0 saturated heterocycles. The van der Waals surface area contributed by atoms with E-state index in [9.17, 15) is 4.39 Å². The molecule has 0 spiro atoms. The summed E-state index contributed by atoms with van der Waals surface area (Å²) in [6, 6.07) is 21.9. The highest BCUT2D eigenvalue weighted by molar-refractivity contribution is 5.75. The van der Waals surface area contributed by atoms with Crippen molar-refractivity contribution in [3.8, 4) is 5.75 Å². The van der Waals surface area contributed by atoms with Gasteiger partial charge in [-0.3, -0.25) is 4.79 Å². The Morgan fingerprint density at radius 2 is 1.74 bits per heavy atom. The monoisotopic (exact) mass is 423 g/mol. The van der Waals surface area contributed by atoms with Crippen LogP contribution in [0.4, 0.5) is 15.8 Å². The second-order valence-electron chi connectivity index (χ2n) is 6.65. The summed E-state index contributed by atoms with van der Waals surface area (Å²) in [5.41, 5.74) is 8.51. The molecule has 0 saturated carbocycles. The van der Waals surface area contributed by atoms with Gasteiger partial charge in [0.15, 0.2) is 5.54 Å². The van der Waals surface area contributed by atoms with Crippen molar-refractivity contribution in [3.05, 3.63) is 89.7 Å². The molecule has 3 aromatic rings. The van der Waals surface area contributed by atoms with Crippen LogP contribution in [0.1, 0.15) is 11.1 Å². The van der Waals surface area contributed by atoms with Crippen molar-refractivity contribution in [1.82, 2.24) is 0 Å². The Morgan fingerprint density at radius 3 is 2.35 bits per heavy atom. The van der Waals surface area contributed by atoms with E-state index >= 15 is 0 Å². The molecule has 1 atom stereocenters. The fourth-order valence-electron chi connectivity index (χ4n) is 3.34. The summed E-state index contributed by atoms with van der Waals surface area (Å²) < 4.78 is 24.2. The van der Waals surface area contributed by atoms with Gasteiger partial charge < -0.3 is 25.6 Å². The Bertz CT molecular complexity index is 1070. The van der Waals surface area contributed by atoms with Crippen molar-refractivity contribution in [2.24, 2.45) is 10.7 Å². The van der Waals surface area contributed by atoms with Crippen molar-refractivity contribution in [3.63, 3.8) is 0 Å². The quantitative estimate of drug-likeness (QED) is 0.538. The van der Waals surface area contributed by atoms with Gasteiger partial charge in [0, 0.05) is 17.4 Å². The minimum absolute atomic E-state index is 0.121. The van der Waals surface area contributed by atoms with E-state index in [-0.39, 0.29) is 24.9 Å². The summed E-state index contributed by atoms with van der Waals surface area (Å²) in [6.07, 6.45) is 0. The summed E-state index contributed by atoms with van der Waals surface area (Å²) >= 11 is 0. The topological polar surface area (TPSA) is 106 Å². The van der Waals surface area contributed by atoms with E-state index < -0.39 is 5.54 Å². The molecule has 1 aliphatic heterocycles. The summed E-state index contributed by atoms with van der Waals surface area (Å²) in [5.74, 6) is 0.466. The largest absolute Gasteiger partial charge is 0.497 e. The first-order valence-electron chi connectivity index (χ1n) is 9.34. The molecule has 160 valence electrons. The smallest absolute Gasteiger partial charge is 0.290 e. The van der Waals surface area contributed by atoms with Gasteiger partial charge in [-0.25, -0.2) is 9.38 Å². The van der Waals surface area contributed by atoms with Gasteiger partial charge in [0.2, 0.25) is 0 Å². The number of rotatable bonds is 5. The number of hydrogen-bond donors (Lipinski definition) is 3. The zero-order valence-electron chi connectivity index (χ0n) is 16.8. The number of amidine groups is 1. The van der Waals surface area contributed by atoms with Gasteiger partial charge in [0.25, 0.3) is 12.5 Å². The first-order chi connectivity index (χ1) is 15.0. The highest BCUT2D eigenvalue weighted by Crippen LogP contribution is 2.38. The van der Waals surface area contributed by atoms with Crippen LogP contribution in [-0.4, -0.2) is 31.3 Å². The van der Waals surface area contributed by atoms with Crippen LogP contribution in [0.25, 0.3) is 0 Å². The SMILES string of the molecule is COc1cccc(Nc2cccc(C3(c4ccc(F)cc4)COC(N)=N3)c2)c1.O=CO. The first-order valence-corrected chi connectivity index (χ1v) is 9.34. The number of hydrogen-bond acceptors (Lipinski definition) is 6. The number of nitrogens with two attached hydrogens (primary N) is 1. The summed E-state index contributed by atoms with van der Waals surface area (Å²) in [7, 11) is 1.63. The molecule has 0 amide bonds. The Balaban J connectivity index is 0.000000858. The molecule has 0 bridgehead atoms. The van der Waals surface area contributed by atoms with Gasteiger partial charge >= 0.3 is 0 Å². The van der Waals surface area contributed by atoms with Crippen molar-refractivity contribution in [2.75, 3.05) is 19.0 Å². The molecule has 1 unspecified atom stereocenters. The van der Waals surface area contributed by atoms with Crippen LogP contribution in [0.15, 0.2) is 77.8 Å². The van der Waals surface area contributed by atoms with Gasteiger partial charge in [-0.05, 0) is 47.5 Å². The number of nitrogens with one attached hydrogen (secondary N) is 1. The number of aliphatic imine (C=N–C) groups is 1. The van der Waals surface area contributed by atoms with Gasteiger partial charge in [0.05, 0.1) is 7.11 Å². The van der Waals surface area contributed by atoms with Crippen molar-refractivity contribution >= 4 is 23.9 Å². The number of carboxylic acid groups (broad SMARTS) is 1. The number of ether oxygens (including phenoxy) is 2. The van der Waals surface area contributed by atoms with Crippen LogP contribution in [0, 0.1) is 5.82 Å². The zero-order valence-corrected chi connectivity index (χ0v) is 16.8. The number of halogens is 1. The Morgan fingerprint density at radius 1 is 1.10 bits per heavy atom. The maximum atomic E-state index is 13.4. The van der Waals surface area contributed by atoms with E-state index in [1.54, 1.807) is 19.2 Å². The molecule has 4 N–H and O–H groups in total. The third-order valence-electron chi connectivity index (χ3n) is 4.75. The Kier molecular flexibility index (Phi) is 6.71. The standard InChI is InChI=1S/C22H20FN3O2.CH2O2/c1-27-20-7-3-6-19(13-20)25-18-5-2-4-16(12-18)22(14-28-21(24)26-22)15-8-10-17(23)11-9-15;2-1-3/h2-13,25H,14H2,1H3,(H2,24,26);1H,(H,2,3). The number of benzene rings is 3. The number of nitrogens with zero attached hydrogens (tertiary/aromatic N) is 1. The fraction of sp³-hybridized carbons (Fsp3) is 0.130. The van der Waals surface area contributed by atoms with Gasteiger partial charge in [-0.2, -0.15) is 0 Å². The van der Waals surface area contributed by atoms with Gasteiger partial charge in [-0.15, -0.1) is 0 Å². The molecule has 31 heavy (non-hydrogen) atoms. The van der Waals surface area contributed by atoms with E-state index in [0.717, 1.165) is 28.3 Å². The minimum Gasteiger partial charge on any atom is -0.497 e. The first kappa shape index (κ1) is 21.6. The molecule has 1 aliphatic rings. The summed E-state index contributed by atoms with van der Waals surface area (Å²) in [6.45, 7) is 0.00702. The van der Waals surface area contributed by atoms with Crippen molar-refractivity contribution < 1.29 is 23.8 Å². The molecule has 0 aromatic heterocycles. The highest BCUT2D eigenvalue weighted by Gasteiger charge is 2.40. The van der Waals surface area contributed by atoms with Crippen molar-refractivity contribution in [2.45, 2.75) is 5.54 Å². The molecule has 3 aromatic carbocycles. The molecule has 8 heteroatoms. The van der Waals surface area contributed by atoms with E-state index in [0.29, 0.717) is 0 Å².